The summed E-state index contributed by atoms with van der Waals surface area (Å²) in [5, 5.41) is 4.32. The Morgan fingerprint density at radius 3 is 2.61 bits per heavy atom. The highest BCUT2D eigenvalue weighted by atomic mass is 35.5. The molecule has 38 heavy (non-hydrogen) atoms. The summed E-state index contributed by atoms with van der Waals surface area (Å²) in [7, 11) is 1.77. The number of fused-ring (bicyclic) bond motifs is 1. The molecule has 0 spiro atoms. The summed E-state index contributed by atoms with van der Waals surface area (Å²) in [6, 6.07) is 1.83. The summed E-state index contributed by atoms with van der Waals surface area (Å²) < 4.78 is 13.2. The van der Waals surface area contributed by atoms with Gasteiger partial charge in [0.15, 0.2) is 5.65 Å². The molecular weight excluding hydrogens is 506 g/mol. The average Bonchev–Trinajstić information content (AvgIpc) is 3.67. The Morgan fingerprint density at radius 1 is 1.13 bits per heavy atom. The lowest BCUT2D eigenvalue weighted by Crippen LogP contribution is -2.22. The number of imidazole rings is 1. The molecular formula is C27H32ClN7O3. The Kier molecular flexibility index (Phi) is 7.01. The maximum absolute atomic E-state index is 11.7. The fourth-order valence-electron chi connectivity index (χ4n) is 6.17. The van der Waals surface area contributed by atoms with Gasteiger partial charge >= 0.3 is 5.76 Å². The minimum Gasteiger partial charge on any atom is -0.373 e. The number of halogens is 1. The van der Waals surface area contributed by atoms with E-state index in [1.165, 1.54) is 38.5 Å². The predicted molar refractivity (Wildman–Crippen MR) is 143 cm³/mol. The van der Waals surface area contributed by atoms with Crippen molar-refractivity contribution in [3.63, 3.8) is 0 Å². The van der Waals surface area contributed by atoms with Crippen LogP contribution in [0.2, 0.25) is 5.02 Å². The van der Waals surface area contributed by atoms with Crippen LogP contribution in [0.4, 0.5) is 0 Å². The standard InChI is InChI=1S/C27H32ClN7O3/c1-15-7-9-16(10-8-15)14-35-21-20(18-11-19(28)13-29-12-18)30-24(25-33-27(36)38-34-25)31-23(21)32-26(35)22(37-2)17-5-3-4-6-17/h11-13,15-17,22H,3-10,14H2,1-2H3,(H,33,34,36). The maximum Gasteiger partial charge on any atom is 0.439 e. The van der Waals surface area contributed by atoms with Gasteiger partial charge < -0.3 is 9.30 Å². The predicted octanol–water partition coefficient (Wildman–Crippen LogP) is 5.59. The van der Waals surface area contributed by atoms with E-state index in [4.69, 9.17) is 35.8 Å². The van der Waals surface area contributed by atoms with Gasteiger partial charge in [-0.25, -0.2) is 19.7 Å². The van der Waals surface area contributed by atoms with E-state index in [1.807, 2.05) is 6.07 Å². The van der Waals surface area contributed by atoms with Gasteiger partial charge in [-0.3, -0.25) is 14.5 Å². The van der Waals surface area contributed by atoms with Gasteiger partial charge in [-0.2, -0.15) is 0 Å². The first-order valence-corrected chi connectivity index (χ1v) is 13.9. The molecule has 11 heteroatoms. The lowest BCUT2D eigenvalue weighted by atomic mass is 9.83. The summed E-state index contributed by atoms with van der Waals surface area (Å²) in [6.45, 7) is 3.15. The normalized spacial score (nSPS) is 21.3. The van der Waals surface area contributed by atoms with E-state index in [2.05, 4.69) is 26.6 Å². The van der Waals surface area contributed by atoms with Crippen molar-refractivity contribution in [2.24, 2.45) is 17.8 Å². The van der Waals surface area contributed by atoms with E-state index >= 15 is 0 Å². The number of pyridine rings is 1. The van der Waals surface area contributed by atoms with Crippen molar-refractivity contribution in [3.05, 3.63) is 39.9 Å². The molecule has 1 atom stereocenters. The van der Waals surface area contributed by atoms with E-state index in [0.717, 1.165) is 42.2 Å². The van der Waals surface area contributed by atoms with Crippen LogP contribution in [0.1, 0.15) is 70.2 Å². The van der Waals surface area contributed by atoms with Crippen LogP contribution in [-0.2, 0) is 11.3 Å². The number of hydrogen-bond donors (Lipinski definition) is 1. The van der Waals surface area contributed by atoms with Crippen LogP contribution in [-0.4, -0.2) is 41.8 Å². The van der Waals surface area contributed by atoms with E-state index in [-0.39, 0.29) is 17.8 Å². The quantitative estimate of drug-likeness (QED) is 0.323. The van der Waals surface area contributed by atoms with Gasteiger partial charge in [0, 0.05) is 31.6 Å². The highest BCUT2D eigenvalue weighted by molar-refractivity contribution is 6.30. The zero-order valence-corrected chi connectivity index (χ0v) is 22.4. The number of hydrogen-bond acceptors (Lipinski definition) is 8. The minimum absolute atomic E-state index is 0.143. The number of rotatable bonds is 7. The molecule has 0 radical (unpaired) electrons. The molecule has 0 saturated heterocycles. The Hall–Kier alpha value is -3.11. The first-order valence-electron chi connectivity index (χ1n) is 13.5. The summed E-state index contributed by atoms with van der Waals surface area (Å²) in [5.74, 6) is 2.26. The highest BCUT2D eigenvalue weighted by Gasteiger charge is 2.33. The molecule has 2 fully saturated rings. The lowest BCUT2D eigenvalue weighted by molar-refractivity contribution is 0.0432. The molecule has 2 aliphatic rings. The fourth-order valence-corrected chi connectivity index (χ4v) is 6.34. The van der Waals surface area contributed by atoms with Gasteiger partial charge in [-0.15, -0.1) is 0 Å². The minimum atomic E-state index is -0.673. The number of aromatic nitrogens is 7. The number of methoxy groups -OCH3 is 1. The molecule has 4 aromatic heterocycles. The third-order valence-electron chi connectivity index (χ3n) is 8.18. The van der Waals surface area contributed by atoms with Crippen LogP contribution in [0, 0.1) is 17.8 Å². The van der Waals surface area contributed by atoms with E-state index in [9.17, 15) is 4.79 Å². The zero-order chi connectivity index (χ0) is 26.2. The Balaban J connectivity index is 1.58. The van der Waals surface area contributed by atoms with Gasteiger partial charge in [0.05, 0.1) is 5.02 Å². The topological polar surface area (TPSA) is 125 Å². The molecule has 10 nitrogen and oxygen atoms in total. The van der Waals surface area contributed by atoms with Gasteiger partial charge in [-0.1, -0.05) is 49.4 Å². The molecule has 6 rings (SSSR count). The molecule has 0 aliphatic heterocycles. The second-order valence-corrected chi connectivity index (χ2v) is 11.2. The van der Waals surface area contributed by atoms with Crippen molar-refractivity contribution >= 4 is 22.8 Å². The van der Waals surface area contributed by atoms with E-state index in [1.54, 1.807) is 19.5 Å². The largest absolute Gasteiger partial charge is 0.439 e. The van der Waals surface area contributed by atoms with Crippen molar-refractivity contribution < 1.29 is 9.26 Å². The summed E-state index contributed by atoms with van der Waals surface area (Å²) in [5.41, 5.74) is 2.70. The van der Waals surface area contributed by atoms with Gasteiger partial charge in [-0.05, 0) is 49.5 Å². The molecule has 1 unspecified atom stereocenters. The zero-order valence-electron chi connectivity index (χ0n) is 21.7. The molecule has 4 heterocycles. The van der Waals surface area contributed by atoms with Crippen LogP contribution >= 0.6 is 11.6 Å². The van der Waals surface area contributed by atoms with E-state index < -0.39 is 5.76 Å². The number of nitrogens with one attached hydrogen (secondary N) is 1. The highest BCUT2D eigenvalue weighted by Crippen LogP contribution is 2.41. The van der Waals surface area contributed by atoms with Crippen LogP contribution < -0.4 is 5.76 Å². The molecule has 0 bridgehead atoms. The summed E-state index contributed by atoms with van der Waals surface area (Å²) >= 11 is 6.36. The van der Waals surface area contributed by atoms with Crippen molar-refractivity contribution in [2.45, 2.75) is 70.9 Å². The smallest absolute Gasteiger partial charge is 0.373 e. The lowest BCUT2D eigenvalue weighted by Gasteiger charge is -2.29. The second-order valence-electron chi connectivity index (χ2n) is 10.8. The number of H-pyrrole nitrogens is 1. The molecule has 0 aromatic carbocycles. The molecule has 2 saturated carbocycles. The third-order valence-corrected chi connectivity index (χ3v) is 8.38. The molecule has 4 aromatic rings. The molecule has 0 amide bonds. The summed E-state index contributed by atoms with van der Waals surface area (Å²) in [4.78, 5) is 33.3. The first kappa shape index (κ1) is 25.2. The Labute approximate surface area is 225 Å². The molecule has 200 valence electrons. The second kappa shape index (κ2) is 10.6. The van der Waals surface area contributed by atoms with Crippen LogP contribution in [0.25, 0.3) is 34.1 Å². The molecule has 1 N–H and O–H groups in total. The van der Waals surface area contributed by atoms with Gasteiger partial charge in [0.1, 0.15) is 23.1 Å². The fraction of sp³-hybridized carbons (Fsp3) is 0.556. The number of ether oxygens (including phenoxy) is 1. The van der Waals surface area contributed by atoms with Gasteiger partial charge in [0.2, 0.25) is 11.6 Å². The van der Waals surface area contributed by atoms with Crippen molar-refractivity contribution in [3.8, 4) is 22.9 Å². The van der Waals surface area contributed by atoms with Gasteiger partial charge in [0.25, 0.3) is 0 Å². The van der Waals surface area contributed by atoms with Crippen LogP contribution in [0.3, 0.4) is 0 Å². The third kappa shape index (κ3) is 4.87. The Bertz CT molecular complexity index is 1480. The maximum atomic E-state index is 11.7. The van der Waals surface area contributed by atoms with Crippen molar-refractivity contribution in [1.82, 2.24) is 34.6 Å². The molecule has 2 aliphatic carbocycles. The van der Waals surface area contributed by atoms with Crippen LogP contribution in [0.15, 0.2) is 27.8 Å². The van der Waals surface area contributed by atoms with Crippen molar-refractivity contribution in [1.29, 1.82) is 0 Å². The number of nitrogens with zero attached hydrogens (tertiary/aromatic N) is 6. The van der Waals surface area contributed by atoms with Crippen molar-refractivity contribution in [2.75, 3.05) is 7.11 Å². The van der Waals surface area contributed by atoms with E-state index in [0.29, 0.717) is 28.2 Å². The SMILES string of the molecule is COC(c1nc2nc(-c3noc(=O)[nH]3)nc(-c3cncc(Cl)c3)c2n1CC1CCC(C)CC1)C1CCCC1. The Morgan fingerprint density at radius 2 is 1.92 bits per heavy atom. The first-order chi connectivity index (χ1) is 18.5. The number of aromatic amines is 1. The summed E-state index contributed by atoms with van der Waals surface area (Å²) in [6.07, 6.45) is 12.6. The monoisotopic (exact) mass is 537 g/mol. The average molecular weight is 538 g/mol. The van der Waals surface area contributed by atoms with Crippen LogP contribution in [0.5, 0.6) is 0 Å².